The molecule has 2 atom stereocenters. The SMILES string of the molecule is CC1CN(c2n[nH]c(-c3cncc(F)c3)n2)CC(C)N1. The molecule has 0 radical (unpaired) electrons. The van der Waals surface area contributed by atoms with Crippen molar-refractivity contribution < 1.29 is 4.39 Å². The Morgan fingerprint density at radius 2 is 2.00 bits per heavy atom. The zero-order chi connectivity index (χ0) is 14.1. The second-order valence-electron chi connectivity index (χ2n) is 5.25. The molecule has 1 fully saturated rings. The van der Waals surface area contributed by atoms with Crippen LogP contribution in [0.25, 0.3) is 11.4 Å². The van der Waals surface area contributed by atoms with Crippen LogP contribution in [-0.4, -0.2) is 45.3 Å². The van der Waals surface area contributed by atoms with Gasteiger partial charge in [0.1, 0.15) is 5.82 Å². The first kappa shape index (κ1) is 13.0. The molecule has 1 aliphatic rings. The number of aromatic amines is 1. The van der Waals surface area contributed by atoms with Crippen molar-refractivity contribution in [2.45, 2.75) is 25.9 Å². The molecular weight excluding hydrogens is 259 g/mol. The molecule has 0 aliphatic carbocycles. The summed E-state index contributed by atoms with van der Waals surface area (Å²) in [5.74, 6) is 0.792. The van der Waals surface area contributed by atoms with Crippen LogP contribution in [0.2, 0.25) is 0 Å². The van der Waals surface area contributed by atoms with Crippen LogP contribution in [0.15, 0.2) is 18.5 Å². The van der Waals surface area contributed by atoms with Gasteiger partial charge in [-0.2, -0.15) is 4.98 Å². The van der Waals surface area contributed by atoms with E-state index in [0.717, 1.165) is 13.1 Å². The van der Waals surface area contributed by atoms with Crippen LogP contribution in [0, 0.1) is 5.82 Å². The standard InChI is InChI=1S/C13H17FN6/c1-8-6-20(7-9(2)16-8)13-17-12(18-19-13)10-3-11(14)5-15-4-10/h3-5,8-9,16H,6-7H2,1-2H3,(H,17,18,19). The van der Waals surface area contributed by atoms with Crippen LogP contribution in [0.1, 0.15) is 13.8 Å². The Labute approximate surface area is 116 Å². The van der Waals surface area contributed by atoms with E-state index in [1.807, 2.05) is 0 Å². The highest BCUT2D eigenvalue weighted by molar-refractivity contribution is 5.55. The second-order valence-corrected chi connectivity index (χ2v) is 5.25. The lowest BCUT2D eigenvalue weighted by Gasteiger charge is -2.35. The summed E-state index contributed by atoms with van der Waals surface area (Å²) in [6.07, 6.45) is 2.73. The smallest absolute Gasteiger partial charge is 0.245 e. The molecule has 3 heterocycles. The fourth-order valence-electron chi connectivity index (χ4n) is 2.55. The van der Waals surface area contributed by atoms with Gasteiger partial charge >= 0.3 is 0 Å². The number of pyridine rings is 1. The lowest BCUT2D eigenvalue weighted by Crippen LogP contribution is -2.54. The third kappa shape index (κ3) is 2.62. The molecule has 0 amide bonds. The van der Waals surface area contributed by atoms with Crippen molar-refractivity contribution in [2.75, 3.05) is 18.0 Å². The lowest BCUT2D eigenvalue weighted by molar-refractivity contribution is 0.403. The van der Waals surface area contributed by atoms with Crippen LogP contribution >= 0.6 is 0 Å². The fraction of sp³-hybridized carbons (Fsp3) is 0.462. The highest BCUT2D eigenvalue weighted by Crippen LogP contribution is 2.19. The maximum atomic E-state index is 13.2. The Hall–Kier alpha value is -2.02. The predicted octanol–water partition coefficient (Wildman–Crippen LogP) is 1.19. The monoisotopic (exact) mass is 276 g/mol. The molecule has 0 bridgehead atoms. The van der Waals surface area contributed by atoms with Crippen molar-refractivity contribution in [1.29, 1.82) is 0 Å². The van der Waals surface area contributed by atoms with Gasteiger partial charge in [0.15, 0.2) is 5.82 Å². The number of aromatic nitrogens is 4. The zero-order valence-corrected chi connectivity index (χ0v) is 11.5. The summed E-state index contributed by atoms with van der Waals surface area (Å²) in [4.78, 5) is 10.4. The molecule has 0 spiro atoms. The largest absolute Gasteiger partial charge is 0.336 e. The second kappa shape index (κ2) is 5.16. The Morgan fingerprint density at radius 3 is 2.70 bits per heavy atom. The summed E-state index contributed by atoms with van der Waals surface area (Å²) in [6.45, 7) is 5.96. The van der Waals surface area contributed by atoms with Crippen molar-refractivity contribution >= 4 is 5.95 Å². The van der Waals surface area contributed by atoms with E-state index in [1.165, 1.54) is 12.3 Å². The summed E-state index contributed by atoms with van der Waals surface area (Å²) in [5.41, 5.74) is 0.597. The highest BCUT2D eigenvalue weighted by atomic mass is 19.1. The number of nitrogens with zero attached hydrogens (tertiary/aromatic N) is 4. The quantitative estimate of drug-likeness (QED) is 0.862. The average molecular weight is 276 g/mol. The molecule has 0 aromatic carbocycles. The molecule has 1 aliphatic heterocycles. The van der Waals surface area contributed by atoms with E-state index in [9.17, 15) is 4.39 Å². The molecule has 106 valence electrons. The Bertz CT molecular complexity index is 588. The highest BCUT2D eigenvalue weighted by Gasteiger charge is 2.23. The minimum Gasteiger partial charge on any atom is -0.336 e. The first-order valence-electron chi connectivity index (χ1n) is 6.66. The van der Waals surface area contributed by atoms with Gasteiger partial charge in [0.2, 0.25) is 5.95 Å². The molecule has 3 rings (SSSR count). The third-order valence-corrected chi connectivity index (χ3v) is 3.29. The van der Waals surface area contributed by atoms with Crippen molar-refractivity contribution in [1.82, 2.24) is 25.5 Å². The molecule has 2 N–H and O–H groups in total. The minimum absolute atomic E-state index is 0.384. The number of halogens is 1. The number of piperazine rings is 1. The molecule has 2 aromatic rings. The van der Waals surface area contributed by atoms with Crippen molar-refractivity contribution in [2.24, 2.45) is 0 Å². The topological polar surface area (TPSA) is 69.7 Å². The molecule has 2 aromatic heterocycles. The zero-order valence-electron chi connectivity index (χ0n) is 11.5. The molecule has 6 nitrogen and oxygen atoms in total. The maximum absolute atomic E-state index is 13.2. The van der Waals surface area contributed by atoms with E-state index < -0.39 is 0 Å². The van der Waals surface area contributed by atoms with E-state index in [2.05, 4.69) is 44.2 Å². The molecule has 7 heteroatoms. The number of H-pyrrole nitrogens is 1. The summed E-state index contributed by atoms with van der Waals surface area (Å²) in [6, 6.07) is 2.16. The van der Waals surface area contributed by atoms with Crippen LogP contribution in [0.3, 0.4) is 0 Å². The number of hydrogen-bond donors (Lipinski definition) is 2. The van der Waals surface area contributed by atoms with E-state index in [1.54, 1.807) is 6.20 Å². The van der Waals surface area contributed by atoms with Gasteiger partial charge in [-0.1, -0.05) is 0 Å². The van der Waals surface area contributed by atoms with Gasteiger partial charge in [-0.25, -0.2) is 4.39 Å². The van der Waals surface area contributed by atoms with Crippen LogP contribution in [-0.2, 0) is 0 Å². The van der Waals surface area contributed by atoms with Gasteiger partial charge in [-0.3, -0.25) is 10.1 Å². The van der Waals surface area contributed by atoms with Gasteiger partial charge in [0, 0.05) is 36.9 Å². The number of hydrogen-bond acceptors (Lipinski definition) is 5. The van der Waals surface area contributed by atoms with Gasteiger partial charge in [0.25, 0.3) is 0 Å². The minimum atomic E-state index is -0.384. The normalized spacial score (nSPS) is 23.1. The number of anilines is 1. The number of nitrogens with one attached hydrogen (secondary N) is 2. The van der Waals surface area contributed by atoms with Crippen LogP contribution in [0.4, 0.5) is 10.3 Å². The van der Waals surface area contributed by atoms with E-state index >= 15 is 0 Å². The molecule has 0 saturated carbocycles. The Morgan fingerprint density at radius 1 is 1.25 bits per heavy atom. The summed E-state index contributed by atoms with van der Waals surface area (Å²) < 4.78 is 13.2. The van der Waals surface area contributed by atoms with Crippen molar-refractivity contribution in [3.8, 4) is 11.4 Å². The maximum Gasteiger partial charge on any atom is 0.245 e. The lowest BCUT2D eigenvalue weighted by atomic mass is 10.1. The van der Waals surface area contributed by atoms with Crippen molar-refractivity contribution in [3.63, 3.8) is 0 Å². The average Bonchev–Trinajstić information content (AvgIpc) is 2.87. The van der Waals surface area contributed by atoms with Crippen molar-refractivity contribution in [3.05, 3.63) is 24.3 Å². The Kier molecular flexibility index (Phi) is 3.35. The van der Waals surface area contributed by atoms with Crippen LogP contribution < -0.4 is 10.2 Å². The van der Waals surface area contributed by atoms with E-state index in [-0.39, 0.29) is 5.82 Å². The van der Waals surface area contributed by atoms with E-state index in [4.69, 9.17) is 0 Å². The van der Waals surface area contributed by atoms with Gasteiger partial charge in [0.05, 0.1) is 6.20 Å². The molecule has 1 saturated heterocycles. The number of rotatable bonds is 2. The van der Waals surface area contributed by atoms with Gasteiger partial charge < -0.3 is 10.2 Å². The molecular formula is C13H17FN6. The van der Waals surface area contributed by atoms with E-state index in [0.29, 0.717) is 29.4 Å². The Balaban J connectivity index is 1.83. The molecule has 2 unspecified atom stereocenters. The third-order valence-electron chi connectivity index (χ3n) is 3.29. The summed E-state index contributed by atoms with van der Waals surface area (Å²) in [7, 11) is 0. The molecule has 20 heavy (non-hydrogen) atoms. The fourth-order valence-corrected chi connectivity index (χ4v) is 2.55. The van der Waals surface area contributed by atoms with Gasteiger partial charge in [-0.05, 0) is 19.9 Å². The van der Waals surface area contributed by atoms with Crippen LogP contribution in [0.5, 0.6) is 0 Å². The first-order valence-corrected chi connectivity index (χ1v) is 6.66. The van der Waals surface area contributed by atoms with Gasteiger partial charge in [-0.15, -0.1) is 5.10 Å². The first-order chi connectivity index (χ1) is 9.61. The predicted molar refractivity (Wildman–Crippen MR) is 73.8 cm³/mol. The summed E-state index contributed by atoms with van der Waals surface area (Å²) >= 11 is 0. The summed E-state index contributed by atoms with van der Waals surface area (Å²) in [5, 5.41) is 10.5.